The van der Waals surface area contributed by atoms with Crippen LogP contribution in [0.1, 0.15) is 44.1 Å². The van der Waals surface area contributed by atoms with Crippen molar-refractivity contribution in [2.45, 2.75) is 45.1 Å². The first-order valence-corrected chi connectivity index (χ1v) is 9.00. The minimum absolute atomic E-state index is 0.112. The summed E-state index contributed by atoms with van der Waals surface area (Å²) in [5, 5.41) is 3.16. The smallest absolute Gasteiger partial charge is 0.408 e. The van der Waals surface area contributed by atoms with Gasteiger partial charge < -0.3 is 9.73 Å². The molecule has 1 heterocycles. The Bertz CT molecular complexity index is 828. The second kappa shape index (κ2) is 4.98. The lowest BCUT2D eigenvalue weighted by molar-refractivity contribution is -0.146. The van der Waals surface area contributed by atoms with Gasteiger partial charge in [-0.25, -0.2) is 4.79 Å². The van der Waals surface area contributed by atoms with E-state index in [2.05, 4.69) is 10.3 Å². The standard InChI is InChI=1S/C19H22N2O3/c22-17(19-7-12-3-13(8-19)5-14(4-12)9-19)20-10-11-1-2-15-16(6-11)24-18(23)21-15/h1-2,6,12-14H,3-5,7-10H2,(H,20,22)(H,21,23). The Balaban J connectivity index is 1.32. The maximum Gasteiger partial charge on any atom is 0.417 e. The van der Waals surface area contributed by atoms with Gasteiger partial charge in [0.05, 0.1) is 5.52 Å². The van der Waals surface area contributed by atoms with Crippen LogP contribution in [0.25, 0.3) is 11.1 Å². The Morgan fingerprint density at radius 2 is 1.83 bits per heavy atom. The number of aromatic amines is 1. The van der Waals surface area contributed by atoms with Gasteiger partial charge >= 0.3 is 5.76 Å². The van der Waals surface area contributed by atoms with Crippen molar-refractivity contribution in [3.63, 3.8) is 0 Å². The molecule has 24 heavy (non-hydrogen) atoms. The molecular weight excluding hydrogens is 304 g/mol. The molecule has 0 unspecified atom stereocenters. The van der Waals surface area contributed by atoms with E-state index in [9.17, 15) is 9.59 Å². The van der Waals surface area contributed by atoms with Gasteiger partial charge in [0, 0.05) is 12.0 Å². The molecule has 5 nitrogen and oxygen atoms in total. The lowest BCUT2D eigenvalue weighted by atomic mass is 9.49. The van der Waals surface area contributed by atoms with Crippen molar-refractivity contribution in [1.82, 2.24) is 10.3 Å². The lowest BCUT2D eigenvalue weighted by Gasteiger charge is -2.55. The van der Waals surface area contributed by atoms with Gasteiger partial charge in [0.2, 0.25) is 5.91 Å². The molecule has 5 heteroatoms. The van der Waals surface area contributed by atoms with Crippen molar-refractivity contribution < 1.29 is 9.21 Å². The molecule has 126 valence electrons. The topological polar surface area (TPSA) is 75.1 Å². The fourth-order valence-corrected chi connectivity index (χ4v) is 5.86. The number of oxazole rings is 1. The van der Waals surface area contributed by atoms with Crippen LogP contribution in [0.4, 0.5) is 0 Å². The monoisotopic (exact) mass is 326 g/mol. The lowest BCUT2D eigenvalue weighted by Crippen LogP contribution is -2.53. The quantitative estimate of drug-likeness (QED) is 0.910. The molecule has 2 N–H and O–H groups in total. The predicted octanol–water partition coefficient (Wildman–Crippen LogP) is 2.95. The van der Waals surface area contributed by atoms with E-state index in [4.69, 9.17) is 4.42 Å². The maximum atomic E-state index is 12.9. The van der Waals surface area contributed by atoms with Crippen molar-refractivity contribution in [2.75, 3.05) is 0 Å². The SMILES string of the molecule is O=C(NCc1ccc2[nH]c(=O)oc2c1)C12CC3CC(CC(C3)C1)C2. The van der Waals surface area contributed by atoms with E-state index < -0.39 is 5.76 Å². The highest BCUT2D eigenvalue weighted by Gasteiger charge is 2.54. The molecule has 4 saturated carbocycles. The van der Waals surface area contributed by atoms with Gasteiger partial charge in [-0.3, -0.25) is 9.78 Å². The number of carbonyl (C=O) groups excluding carboxylic acids is 1. The summed E-state index contributed by atoms with van der Waals surface area (Å²) in [4.78, 5) is 26.8. The number of nitrogens with one attached hydrogen (secondary N) is 2. The van der Waals surface area contributed by atoms with E-state index in [1.54, 1.807) is 0 Å². The summed E-state index contributed by atoms with van der Waals surface area (Å²) >= 11 is 0. The number of benzene rings is 1. The number of amides is 1. The number of H-pyrrole nitrogens is 1. The zero-order chi connectivity index (χ0) is 16.3. The number of fused-ring (bicyclic) bond motifs is 1. The predicted molar refractivity (Wildman–Crippen MR) is 89.3 cm³/mol. The number of aromatic nitrogens is 1. The minimum atomic E-state index is -0.445. The summed E-state index contributed by atoms with van der Waals surface area (Å²) in [6.07, 6.45) is 7.27. The summed E-state index contributed by atoms with van der Waals surface area (Å²) in [5.41, 5.74) is 2.08. The highest BCUT2D eigenvalue weighted by atomic mass is 16.4. The fourth-order valence-electron chi connectivity index (χ4n) is 5.86. The minimum Gasteiger partial charge on any atom is -0.408 e. The highest BCUT2D eigenvalue weighted by molar-refractivity contribution is 5.83. The summed E-state index contributed by atoms with van der Waals surface area (Å²) in [5.74, 6) is 2.10. The van der Waals surface area contributed by atoms with Gasteiger partial charge in [-0.05, 0) is 74.0 Å². The zero-order valence-electron chi connectivity index (χ0n) is 13.6. The largest absolute Gasteiger partial charge is 0.417 e. The van der Waals surface area contributed by atoms with Crippen LogP contribution in [-0.4, -0.2) is 10.9 Å². The van der Waals surface area contributed by atoms with Crippen molar-refractivity contribution in [3.05, 3.63) is 34.3 Å². The number of hydrogen-bond donors (Lipinski definition) is 2. The van der Waals surface area contributed by atoms with Crippen LogP contribution in [0.5, 0.6) is 0 Å². The molecule has 6 rings (SSSR count). The van der Waals surface area contributed by atoms with Crippen LogP contribution in [0.15, 0.2) is 27.4 Å². The molecule has 1 aromatic heterocycles. The van der Waals surface area contributed by atoms with Crippen LogP contribution < -0.4 is 11.1 Å². The third kappa shape index (κ3) is 2.21. The molecule has 0 atom stereocenters. The second-order valence-corrected chi connectivity index (χ2v) is 8.23. The summed E-state index contributed by atoms with van der Waals surface area (Å²) in [7, 11) is 0. The van der Waals surface area contributed by atoms with Crippen LogP contribution in [-0.2, 0) is 11.3 Å². The van der Waals surface area contributed by atoms with Crippen molar-refractivity contribution >= 4 is 17.0 Å². The molecular formula is C19H22N2O3. The molecule has 1 aromatic carbocycles. The molecule has 0 radical (unpaired) electrons. The summed E-state index contributed by atoms with van der Waals surface area (Å²) in [6.45, 7) is 0.491. The number of hydrogen-bond acceptors (Lipinski definition) is 3. The first-order chi connectivity index (χ1) is 11.6. The van der Waals surface area contributed by atoms with Crippen LogP contribution in [0.2, 0.25) is 0 Å². The zero-order valence-corrected chi connectivity index (χ0v) is 13.6. The first kappa shape index (κ1) is 14.3. The third-order valence-electron chi connectivity index (χ3n) is 6.46. The van der Waals surface area contributed by atoms with Crippen molar-refractivity contribution in [2.24, 2.45) is 23.2 Å². The second-order valence-electron chi connectivity index (χ2n) is 8.23. The highest BCUT2D eigenvalue weighted by Crippen LogP contribution is 2.60. The van der Waals surface area contributed by atoms with Crippen molar-refractivity contribution in [1.29, 1.82) is 0 Å². The van der Waals surface area contributed by atoms with Gasteiger partial charge in [0.15, 0.2) is 5.58 Å². The van der Waals surface area contributed by atoms with Gasteiger partial charge in [0.25, 0.3) is 0 Å². The Hall–Kier alpha value is -2.04. The average molecular weight is 326 g/mol. The van der Waals surface area contributed by atoms with E-state index in [1.807, 2.05) is 18.2 Å². The Morgan fingerprint density at radius 3 is 2.50 bits per heavy atom. The van der Waals surface area contributed by atoms with Crippen molar-refractivity contribution in [3.8, 4) is 0 Å². The normalized spacial score (nSPS) is 33.9. The van der Waals surface area contributed by atoms with E-state index in [-0.39, 0.29) is 11.3 Å². The van der Waals surface area contributed by atoms with Crippen LogP contribution >= 0.6 is 0 Å². The average Bonchev–Trinajstić information content (AvgIpc) is 2.90. The van der Waals surface area contributed by atoms with Crippen LogP contribution in [0, 0.1) is 23.2 Å². The summed E-state index contributed by atoms with van der Waals surface area (Å²) < 4.78 is 5.09. The molecule has 4 bridgehead atoms. The molecule has 0 saturated heterocycles. The molecule has 4 fully saturated rings. The summed E-state index contributed by atoms with van der Waals surface area (Å²) in [6, 6.07) is 5.58. The van der Waals surface area contributed by atoms with Gasteiger partial charge in [-0.2, -0.15) is 0 Å². The Morgan fingerprint density at radius 1 is 1.17 bits per heavy atom. The molecule has 2 aromatic rings. The Labute approximate surface area is 139 Å². The fraction of sp³-hybridized carbons (Fsp3) is 0.579. The molecule has 4 aliphatic carbocycles. The molecule has 4 aliphatic rings. The Kier molecular flexibility index (Phi) is 2.97. The third-order valence-corrected chi connectivity index (χ3v) is 6.46. The van der Waals surface area contributed by atoms with E-state index in [0.29, 0.717) is 17.6 Å². The van der Waals surface area contributed by atoms with E-state index in [0.717, 1.165) is 42.6 Å². The van der Waals surface area contributed by atoms with E-state index >= 15 is 0 Å². The van der Waals surface area contributed by atoms with Crippen LogP contribution in [0.3, 0.4) is 0 Å². The molecule has 0 spiro atoms. The number of rotatable bonds is 3. The first-order valence-electron chi connectivity index (χ1n) is 9.00. The van der Waals surface area contributed by atoms with Gasteiger partial charge in [-0.1, -0.05) is 6.07 Å². The van der Waals surface area contributed by atoms with Gasteiger partial charge in [-0.15, -0.1) is 0 Å². The molecule has 0 aliphatic heterocycles. The number of carbonyl (C=O) groups is 1. The van der Waals surface area contributed by atoms with E-state index in [1.165, 1.54) is 19.3 Å². The van der Waals surface area contributed by atoms with Gasteiger partial charge in [0.1, 0.15) is 0 Å². The maximum absolute atomic E-state index is 12.9. The molecule has 1 amide bonds.